The third-order valence-electron chi connectivity index (χ3n) is 3.27. The molecule has 1 saturated carbocycles. The van der Waals surface area contributed by atoms with E-state index in [0.717, 1.165) is 12.8 Å². The lowest BCUT2D eigenvalue weighted by atomic mass is 10.0. The van der Waals surface area contributed by atoms with Gasteiger partial charge in [-0.3, -0.25) is 9.52 Å². The number of carboxylic acid groups (broad SMARTS) is 1. The second-order valence-electron chi connectivity index (χ2n) is 4.66. The molecule has 0 aliphatic heterocycles. The fourth-order valence-corrected chi connectivity index (χ4v) is 3.20. The van der Waals surface area contributed by atoms with E-state index in [1.807, 2.05) is 0 Å². The minimum absolute atomic E-state index is 0.0456. The first-order valence-electron chi connectivity index (χ1n) is 6.47. The van der Waals surface area contributed by atoms with Gasteiger partial charge in [0.25, 0.3) is 5.91 Å². The van der Waals surface area contributed by atoms with Crippen LogP contribution < -0.4 is 4.72 Å². The zero-order valence-electron chi connectivity index (χ0n) is 10.6. The van der Waals surface area contributed by atoms with Crippen molar-refractivity contribution < 1.29 is 14.7 Å². The normalized spacial score (nSPS) is 16.0. The minimum atomic E-state index is -1.08. The van der Waals surface area contributed by atoms with Crippen molar-refractivity contribution in [3.63, 3.8) is 0 Å². The molecule has 1 amide bonds. The van der Waals surface area contributed by atoms with Crippen LogP contribution in [0.5, 0.6) is 0 Å². The van der Waals surface area contributed by atoms with Gasteiger partial charge in [-0.05, 0) is 36.9 Å². The number of aromatic carboxylic acids is 1. The summed E-state index contributed by atoms with van der Waals surface area (Å²) in [7, 11) is 0. The lowest BCUT2D eigenvalue weighted by Gasteiger charge is -2.20. The highest BCUT2D eigenvalue weighted by molar-refractivity contribution is 7.98. The van der Waals surface area contributed by atoms with E-state index in [1.165, 1.54) is 37.3 Å². The van der Waals surface area contributed by atoms with Gasteiger partial charge in [-0.25, -0.2) is 4.79 Å². The van der Waals surface area contributed by atoms with Gasteiger partial charge in [-0.15, -0.1) is 0 Å². The molecule has 0 radical (unpaired) electrons. The maximum atomic E-state index is 12.0. The molecule has 1 aromatic rings. The van der Waals surface area contributed by atoms with Crippen LogP contribution in [0.2, 0.25) is 0 Å². The van der Waals surface area contributed by atoms with E-state index >= 15 is 0 Å². The highest BCUT2D eigenvalue weighted by Gasteiger charge is 2.18. The van der Waals surface area contributed by atoms with E-state index in [4.69, 9.17) is 5.11 Å². The Bertz CT molecular complexity index is 470. The molecule has 2 N–H and O–H groups in total. The first-order chi connectivity index (χ1) is 9.18. The van der Waals surface area contributed by atoms with Gasteiger partial charge in [-0.1, -0.05) is 31.4 Å². The van der Waals surface area contributed by atoms with Crippen LogP contribution in [0.15, 0.2) is 24.3 Å². The van der Waals surface area contributed by atoms with E-state index in [2.05, 4.69) is 4.72 Å². The maximum absolute atomic E-state index is 12.0. The van der Waals surface area contributed by atoms with Crippen molar-refractivity contribution in [2.75, 3.05) is 0 Å². The predicted octanol–water partition coefficient (Wildman–Crippen LogP) is 3.10. The number of carbonyl (C=O) groups is 2. The Morgan fingerprint density at radius 1 is 1.11 bits per heavy atom. The van der Waals surface area contributed by atoms with Crippen LogP contribution in [0.1, 0.15) is 52.8 Å². The van der Waals surface area contributed by atoms with Gasteiger partial charge in [0.2, 0.25) is 0 Å². The van der Waals surface area contributed by atoms with E-state index in [-0.39, 0.29) is 17.0 Å². The van der Waals surface area contributed by atoms with Crippen molar-refractivity contribution in [3.8, 4) is 0 Å². The zero-order chi connectivity index (χ0) is 13.7. The van der Waals surface area contributed by atoms with Crippen molar-refractivity contribution >= 4 is 23.8 Å². The van der Waals surface area contributed by atoms with Crippen LogP contribution in [0.25, 0.3) is 0 Å². The molecule has 1 aromatic carbocycles. The fourth-order valence-electron chi connectivity index (χ4n) is 2.24. The van der Waals surface area contributed by atoms with Crippen molar-refractivity contribution in [3.05, 3.63) is 35.4 Å². The van der Waals surface area contributed by atoms with Gasteiger partial charge < -0.3 is 5.11 Å². The Balaban J connectivity index is 1.97. The lowest BCUT2D eigenvalue weighted by molar-refractivity contribution is 0.0691. The quantitative estimate of drug-likeness (QED) is 0.831. The molecule has 1 aliphatic rings. The highest BCUT2D eigenvalue weighted by atomic mass is 32.2. The van der Waals surface area contributed by atoms with Gasteiger partial charge in [0.15, 0.2) is 0 Å². The van der Waals surface area contributed by atoms with Gasteiger partial charge in [0, 0.05) is 5.25 Å². The van der Waals surface area contributed by atoms with Gasteiger partial charge >= 0.3 is 5.97 Å². The molecule has 1 fully saturated rings. The van der Waals surface area contributed by atoms with Crippen molar-refractivity contribution in [2.24, 2.45) is 0 Å². The largest absolute Gasteiger partial charge is 0.478 e. The summed E-state index contributed by atoms with van der Waals surface area (Å²) in [5.41, 5.74) is 0.266. The maximum Gasteiger partial charge on any atom is 0.336 e. The average Bonchev–Trinajstić information content (AvgIpc) is 2.46. The molecule has 1 aliphatic carbocycles. The molecular weight excluding hydrogens is 262 g/mol. The van der Waals surface area contributed by atoms with E-state index in [9.17, 15) is 9.59 Å². The lowest BCUT2D eigenvalue weighted by Crippen LogP contribution is -2.23. The summed E-state index contributed by atoms with van der Waals surface area (Å²) in [6.07, 6.45) is 5.92. The van der Waals surface area contributed by atoms with Crippen LogP contribution in [0.3, 0.4) is 0 Å². The summed E-state index contributed by atoms with van der Waals surface area (Å²) >= 11 is 1.43. The van der Waals surface area contributed by atoms with Crippen molar-refractivity contribution in [1.29, 1.82) is 0 Å². The molecule has 0 bridgehead atoms. The molecular formula is C14H17NO3S. The van der Waals surface area contributed by atoms with E-state index < -0.39 is 5.97 Å². The number of nitrogens with one attached hydrogen (secondary N) is 1. The molecule has 0 spiro atoms. The first kappa shape index (κ1) is 13.9. The second-order valence-corrected chi connectivity index (χ2v) is 5.77. The molecule has 0 aromatic heterocycles. The van der Waals surface area contributed by atoms with Crippen LogP contribution in [-0.2, 0) is 0 Å². The molecule has 0 heterocycles. The molecule has 5 heteroatoms. The number of benzene rings is 1. The van der Waals surface area contributed by atoms with Crippen LogP contribution in [0.4, 0.5) is 0 Å². The summed E-state index contributed by atoms with van der Waals surface area (Å²) < 4.78 is 2.78. The standard InChI is InChI=1S/C14H17NO3S/c16-13(15-19-10-6-2-1-3-7-10)11-8-4-5-9-12(11)14(17)18/h4-5,8-10H,1-3,6-7H2,(H,15,16)(H,17,18). The van der Waals surface area contributed by atoms with E-state index in [1.54, 1.807) is 18.2 Å². The van der Waals surface area contributed by atoms with Gasteiger partial charge in [0.1, 0.15) is 0 Å². The van der Waals surface area contributed by atoms with Gasteiger partial charge in [0.05, 0.1) is 11.1 Å². The number of carboxylic acids is 1. The van der Waals surface area contributed by atoms with Crippen molar-refractivity contribution in [1.82, 2.24) is 4.72 Å². The molecule has 102 valence electrons. The highest BCUT2D eigenvalue weighted by Crippen LogP contribution is 2.26. The summed E-state index contributed by atoms with van der Waals surface area (Å²) in [5.74, 6) is -1.40. The third kappa shape index (κ3) is 3.73. The summed E-state index contributed by atoms with van der Waals surface area (Å²) in [6, 6.07) is 6.28. The SMILES string of the molecule is O=C(O)c1ccccc1C(=O)NSC1CCCCC1. The van der Waals surface area contributed by atoms with Crippen molar-refractivity contribution in [2.45, 2.75) is 37.4 Å². The smallest absolute Gasteiger partial charge is 0.336 e. The summed E-state index contributed by atoms with van der Waals surface area (Å²) in [4.78, 5) is 23.1. The second kappa shape index (κ2) is 6.61. The minimum Gasteiger partial charge on any atom is -0.478 e. The van der Waals surface area contributed by atoms with E-state index in [0.29, 0.717) is 5.25 Å². The number of amides is 1. The summed E-state index contributed by atoms with van der Waals surface area (Å²) in [5, 5.41) is 9.50. The Morgan fingerprint density at radius 2 is 1.74 bits per heavy atom. The Hall–Kier alpha value is -1.49. The molecule has 0 atom stereocenters. The monoisotopic (exact) mass is 279 g/mol. The van der Waals surface area contributed by atoms with Crippen LogP contribution >= 0.6 is 11.9 Å². The third-order valence-corrected chi connectivity index (χ3v) is 4.38. The molecule has 2 rings (SSSR count). The Labute approximate surface area is 116 Å². The Kier molecular flexibility index (Phi) is 4.85. The Morgan fingerprint density at radius 3 is 2.37 bits per heavy atom. The number of hydrogen-bond acceptors (Lipinski definition) is 3. The first-order valence-corrected chi connectivity index (χ1v) is 7.35. The molecule has 0 saturated heterocycles. The number of rotatable bonds is 4. The van der Waals surface area contributed by atoms with Gasteiger partial charge in [-0.2, -0.15) is 0 Å². The van der Waals surface area contributed by atoms with Crippen LogP contribution in [-0.4, -0.2) is 22.2 Å². The molecule has 0 unspecified atom stereocenters. The predicted molar refractivity (Wildman–Crippen MR) is 75.3 cm³/mol. The summed E-state index contributed by atoms with van der Waals surface area (Å²) in [6.45, 7) is 0. The number of carbonyl (C=O) groups excluding carboxylic acids is 1. The fraction of sp³-hybridized carbons (Fsp3) is 0.429. The van der Waals surface area contributed by atoms with Crippen LogP contribution in [0, 0.1) is 0 Å². The average molecular weight is 279 g/mol. The zero-order valence-corrected chi connectivity index (χ0v) is 11.4. The topological polar surface area (TPSA) is 66.4 Å². The molecule has 4 nitrogen and oxygen atoms in total. The molecule has 19 heavy (non-hydrogen) atoms. The number of hydrogen-bond donors (Lipinski definition) is 2.